The van der Waals surface area contributed by atoms with Crippen molar-refractivity contribution in [3.05, 3.63) is 84.1 Å². The number of carbonyl (C=O) groups excluding carboxylic acids is 7. The van der Waals surface area contributed by atoms with Crippen LogP contribution in [0.15, 0.2) is 87.9 Å². The van der Waals surface area contributed by atoms with E-state index in [0.717, 1.165) is 10.9 Å². The zero-order chi connectivity index (χ0) is 45.7. The highest BCUT2D eigenvalue weighted by molar-refractivity contribution is 5.98. The van der Waals surface area contributed by atoms with Gasteiger partial charge in [0.1, 0.15) is 42.8 Å². The highest BCUT2D eigenvalue weighted by Crippen LogP contribution is 2.20. The van der Waals surface area contributed by atoms with Crippen LogP contribution in [0.4, 0.5) is 0 Å². The van der Waals surface area contributed by atoms with Crippen molar-refractivity contribution < 1.29 is 33.6 Å². The van der Waals surface area contributed by atoms with Crippen molar-refractivity contribution in [2.45, 2.75) is 87.2 Å². The van der Waals surface area contributed by atoms with Crippen molar-refractivity contribution in [3.63, 3.8) is 0 Å². The van der Waals surface area contributed by atoms with E-state index in [1.165, 1.54) is 24.7 Å². The fraction of sp³-hybridized carbons (Fsp3) is 0.381. The summed E-state index contributed by atoms with van der Waals surface area (Å²) in [5.74, 6) is -4.96. The predicted octanol–water partition coefficient (Wildman–Crippen LogP) is -2.39. The van der Waals surface area contributed by atoms with Gasteiger partial charge in [-0.15, -0.1) is 0 Å². The maximum absolute atomic E-state index is 14.3. The molecule has 21 heteroatoms. The zero-order valence-electron chi connectivity index (χ0n) is 34.7. The summed E-state index contributed by atoms with van der Waals surface area (Å²) < 4.78 is 0. The number of aromatic nitrogens is 1. The number of nitrogens with two attached hydrogens (primary N) is 5. The lowest BCUT2D eigenvalue weighted by Gasteiger charge is -2.27. The highest BCUT2D eigenvalue weighted by atomic mass is 16.2. The number of aliphatic imine (C=N–C) groups is 3. The Balaban J connectivity index is 1.66. The number of guanidine groups is 1. The third kappa shape index (κ3) is 15.6. The van der Waals surface area contributed by atoms with Gasteiger partial charge < -0.3 is 65.0 Å². The average molecular weight is 869 g/mol. The zero-order valence-corrected chi connectivity index (χ0v) is 34.7. The molecular weight excluding hydrogens is 813 g/mol. The van der Waals surface area contributed by atoms with Crippen LogP contribution in [0.1, 0.15) is 43.2 Å². The topological polar surface area (TPSA) is 363 Å². The minimum atomic E-state index is -1.49. The van der Waals surface area contributed by atoms with Gasteiger partial charge in [0, 0.05) is 49.0 Å². The number of aldehydes is 1. The smallest absolute Gasteiger partial charge is 0.247 e. The number of hydrogen-bond donors (Lipinski definition) is 11. The first kappa shape index (κ1) is 48.4. The Labute approximate surface area is 363 Å². The molecule has 1 aliphatic rings. The third-order valence-corrected chi connectivity index (χ3v) is 9.92. The van der Waals surface area contributed by atoms with Crippen LogP contribution in [0.25, 0.3) is 10.9 Å². The summed E-state index contributed by atoms with van der Waals surface area (Å²) in [6.07, 6.45) is 8.52. The molecule has 0 spiro atoms. The van der Waals surface area contributed by atoms with Gasteiger partial charge in [0.2, 0.25) is 35.4 Å². The lowest BCUT2D eigenvalue weighted by atomic mass is 10.0. The molecule has 63 heavy (non-hydrogen) atoms. The van der Waals surface area contributed by atoms with E-state index < -0.39 is 77.7 Å². The number of primary amides is 1. The minimum Gasteiger partial charge on any atom is -0.370 e. The molecule has 16 N–H and O–H groups in total. The first-order valence-electron chi connectivity index (χ1n) is 20.4. The predicted molar refractivity (Wildman–Crippen MR) is 238 cm³/mol. The summed E-state index contributed by atoms with van der Waals surface area (Å²) >= 11 is 0. The number of amides is 6. The van der Waals surface area contributed by atoms with E-state index in [9.17, 15) is 33.6 Å². The molecule has 0 radical (unpaired) electrons. The Hall–Kier alpha value is -7.26. The number of fused-ring (bicyclic) bond motifs is 1. The second-order valence-corrected chi connectivity index (χ2v) is 14.7. The fourth-order valence-corrected chi connectivity index (χ4v) is 6.57. The van der Waals surface area contributed by atoms with Crippen LogP contribution >= 0.6 is 0 Å². The van der Waals surface area contributed by atoms with E-state index in [0.29, 0.717) is 36.8 Å². The molecule has 336 valence electrons. The van der Waals surface area contributed by atoms with Gasteiger partial charge in [0.05, 0.1) is 18.6 Å². The van der Waals surface area contributed by atoms with E-state index >= 15 is 0 Å². The molecule has 0 saturated heterocycles. The molecule has 4 rings (SSSR count). The number of aromatic amines is 1. The molecule has 1 aliphatic heterocycles. The number of benzene rings is 2. The number of carbonyl (C=O) groups is 7. The Kier molecular flexibility index (Phi) is 19.1. The molecule has 21 nitrogen and oxygen atoms in total. The standard InChI is InChI=1S/C42H56N14O7/c43-16-7-6-13-31(36(45)58)52-40(62)34(20-26-22-50-30-12-5-4-11-28(26)30)56-38(60)32(14-8-17-49-42(46)47)53-39(61)33(19-25-9-2-1-3-10-25)55-41(63)35(21-27-23-48-24-51-27)54-37(59)29(44)15-18-57/h1-5,8-12,14,18,22-24,27,29,31-35,50H,6-7,13,15-17,19-21,43-44H2,(H2,45,58)(H,52,62)(H,53,61)(H,54,59)(H,55,63)(H,56,60)(H4,46,47,49). The first-order chi connectivity index (χ1) is 30.3. The monoisotopic (exact) mass is 868 g/mol. The minimum absolute atomic E-state index is 0.0414. The number of rotatable bonds is 26. The van der Waals surface area contributed by atoms with Crippen molar-refractivity contribution in [2.75, 3.05) is 13.1 Å². The van der Waals surface area contributed by atoms with E-state index in [1.807, 2.05) is 24.3 Å². The number of H-pyrrole nitrogens is 1. The summed E-state index contributed by atoms with van der Waals surface area (Å²) in [5.41, 5.74) is 30.2. The number of para-hydroxylation sites is 1. The van der Waals surface area contributed by atoms with Gasteiger partial charge >= 0.3 is 0 Å². The molecule has 3 aromatic rings. The lowest BCUT2D eigenvalue weighted by Crippen LogP contribution is -2.60. The second-order valence-electron chi connectivity index (χ2n) is 14.7. The molecule has 7 atom stereocenters. The molecular formula is C42H56N14O7. The Morgan fingerprint density at radius 3 is 2.11 bits per heavy atom. The lowest BCUT2D eigenvalue weighted by molar-refractivity contribution is -0.134. The van der Waals surface area contributed by atoms with Gasteiger partial charge in [-0.05, 0) is 43.0 Å². The van der Waals surface area contributed by atoms with Gasteiger partial charge in [0.25, 0.3) is 0 Å². The van der Waals surface area contributed by atoms with Crippen LogP contribution in [0, 0.1) is 0 Å². The maximum atomic E-state index is 14.3. The van der Waals surface area contributed by atoms with E-state index in [-0.39, 0.29) is 44.6 Å². The van der Waals surface area contributed by atoms with Crippen LogP contribution < -0.4 is 55.3 Å². The van der Waals surface area contributed by atoms with Crippen molar-refractivity contribution in [3.8, 4) is 0 Å². The Bertz CT molecular complexity index is 2160. The average Bonchev–Trinajstić information content (AvgIpc) is 3.94. The molecule has 2 aromatic carbocycles. The van der Waals surface area contributed by atoms with Gasteiger partial charge in [-0.3, -0.25) is 33.8 Å². The van der Waals surface area contributed by atoms with Crippen LogP contribution in [-0.4, -0.2) is 121 Å². The number of unbranched alkanes of at least 4 members (excludes halogenated alkanes) is 1. The van der Waals surface area contributed by atoms with E-state index in [4.69, 9.17) is 28.7 Å². The van der Waals surface area contributed by atoms with Crippen molar-refractivity contribution in [1.29, 1.82) is 0 Å². The van der Waals surface area contributed by atoms with Crippen LogP contribution in [0.3, 0.4) is 0 Å². The number of hydrogen-bond acceptors (Lipinski definition) is 12. The SMILES string of the molecule is NCCCCC(NC(=O)C(Cc1c[nH]c2ccccc12)NC(=O)C(C=CCN=C(N)N)NC(=O)C(Cc1ccccc1)NC(=O)C(CC1C=NC=N1)NC(=O)C(N)CC=O)C(N)=O. The van der Waals surface area contributed by atoms with Gasteiger partial charge in [-0.25, -0.2) is 9.98 Å². The number of nitrogens with zero attached hydrogens (tertiary/aromatic N) is 3. The van der Waals surface area contributed by atoms with Crippen molar-refractivity contribution in [2.24, 2.45) is 43.6 Å². The van der Waals surface area contributed by atoms with Crippen LogP contribution in [0.5, 0.6) is 0 Å². The largest absolute Gasteiger partial charge is 0.370 e. The molecule has 2 heterocycles. The summed E-state index contributed by atoms with van der Waals surface area (Å²) in [7, 11) is 0. The Morgan fingerprint density at radius 1 is 0.778 bits per heavy atom. The molecule has 7 unspecified atom stereocenters. The highest BCUT2D eigenvalue weighted by Gasteiger charge is 2.33. The van der Waals surface area contributed by atoms with Crippen LogP contribution in [-0.2, 0) is 46.4 Å². The van der Waals surface area contributed by atoms with E-state index in [2.05, 4.69) is 46.5 Å². The quantitative estimate of drug-likeness (QED) is 0.0133. The normalized spacial score (nSPS) is 15.9. The summed E-state index contributed by atoms with van der Waals surface area (Å²) in [6.45, 7) is 0.284. The summed E-state index contributed by atoms with van der Waals surface area (Å²) in [4.78, 5) is 108. The van der Waals surface area contributed by atoms with Crippen molar-refractivity contribution >= 4 is 71.1 Å². The molecule has 0 aliphatic carbocycles. The third-order valence-electron chi connectivity index (χ3n) is 9.92. The number of nitrogens with one attached hydrogen (secondary N) is 6. The van der Waals surface area contributed by atoms with Gasteiger partial charge in [-0.1, -0.05) is 60.7 Å². The first-order valence-corrected chi connectivity index (χ1v) is 20.4. The molecule has 6 amide bonds. The Morgan fingerprint density at radius 2 is 1.43 bits per heavy atom. The molecule has 0 saturated carbocycles. The van der Waals surface area contributed by atoms with Gasteiger partial charge in [-0.2, -0.15) is 0 Å². The summed E-state index contributed by atoms with van der Waals surface area (Å²) in [6, 6.07) is 7.75. The second kappa shape index (κ2) is 24.9. The molecule has 0 bridgehead atoms. The summed E-state index contributed by atoms with van der Waals surface area (Å²) in [5, 5.41) is 14.1. The molecule has 1 aromatic heterocycles. The molecule has 0 fully saturated rings. The fourth-order valence-electron chi connectivity index (χ4n) is 6.57. The van der Waals surface area contributed by atoms with E-state index in [1.54, 1.807) is 36.5 Å². The van der Waals surface area contributed by atoms with Gasteiger partial charge in [0.15, 0.2) is 5.96 Å². The van der Waals surface area contributed by atoms with Crippen molar-refractivity contribution in [1.82, 2.24) is 31.6 Å². The van der Waals surface area contributed by atoms with Crippen LogP contribution in [0.2, 0.25) is 0 Å². The maximum Gasteiger partial charge on any atom is 0.247 e.